The van der Waals surface area contributed by atoms with Crippen LogP contribution >= 0.6 is 0 Å². The van der Waals surface area contributed by atoms with Crippen LogP contribution in [0.2, 0.25) is 0 Å². The first-order valence-corrected chi connectivity index (χ1v) is 17.9. The number of nitrogens with two attached hydrogens (primary N) is 1. The van der Waals surface area contributed by atoms with Crippen LogP contribution in [-0.2, 0) is 30.4 Å². The molecule has 0 bridgehead atoms. The first-order chi connectivity index (χ1) is 23.4. The van der Waals surface area contributed by atoms with Gasteiger partial charge in [-0.1, -0.05) is 42.5 Å². The van der Waals surface area contributed by atoms with Gasteiger partial charge < -0.3 is 19.4 Å². The van der Waals surface area contributed by atoms with E-state index in [2.05, 4.69) is 20.5 Å². The van der Waals surface area contributed by atoms with Gasteiger partial charge in [-0.25, -0.2) is 25.3 Å². The number of fused-ring (bicyclic) bond motifs is 1. The Morgan fingerprint density at radius 2 is 1.04 bits per heavy atom. The Morgan fingerprint density at radius 1 is 0.547 bits per heavy atom. The van der Waals surface area contributed by atoms with Gasteiger partial charge in [0.15, 0.2) is 0 Å². The summed E-state index contributed by atoms with van der Waals surface area (Å²) in [6.45, 7) is 0. The number of nitrogens with zero attached hydrogens (tertiary/aromatic N) is 5. The number of nitro benzene ring substituents is 1. The fourth-order valence-corrected chi connectivity index (χ4v) is 6.67. The van der Waals surface area contributed by atoms with Gasteiger partial charge in [0, 0.05) is 22.9 Å². The second-order valence-electron chi connectivity index (χ2n) is 10.2. The summed E-state index contributed by atoms with van der Waals surface area (Å²) < 4.78 is 106. The van der Waals surface area contributed by atoms with Crippen LogP contribution in [0.15, 0.2) is 126 Å². The molecule has 0 fully saturated rings. The van der Waals surface area contributed by atoms with Crippen LogP contribution in [0.1, 0.15) is 11.1 Å². The van der Waals surface area contributed by atoms with Crippen LogP contribution in [0.3, 0.4) is 0 Å². The zero-order valence-electron chi connectivity index (χ0n) is 27.8. The first-order valence-electron chi connectivity index (χ1n) is 13.6. The van der Waals surface area contributed by atoms with E-state index in [0.717, 1.165) is 30.4 Å². The molecule has 5 rings (SSSR count). The molecule has 0 aliphatic heterocycles. The third-order valence-electron chi connectivity index (χ3n) is 6.87. The fourth-order valence-electron chi connectivity index (χ4n) is 4.60. The minimum atomic E-state index is -5.17. The number of hydrogen-bond acceptors (Lipinski definition) is 16. The van der Waals surface area contributed by atoms with Gasteiger partial charge in [0.1, 0.15) is 36.0 Å². The summed E-state index contributed by atoms with van der Waals surface area (Å²) in [5.74, 6) is 0. The van der Waals surface area contributed by atoms with Gasteiger partial charge in [-0.3, -0.25) is 10.1 Å². The molecule has 0 saturated carbocycles. The maximum absolute atomic E-state index is 12.1. The van der Waals surface area contributed by atoms with Gasteiger partial charge in [-0.2, -0.15) is 10.2 Å². The molecule has 0 atom stereocenters. The maximum Gasteiger partial charge on any atom is 1.00 e. The van der Waals surface area contributed by atoms with Crippen LogP contribution in [0.25, 0.3) is 22.9 Å². The van der Waals surface area contributed by atoms with Crippen molar-refractivity contribution in [2.75, 3.05) is 5.73 Å². The summed E-state index contributed by atoms with van der Waals surface area (Å²) in [5, 5.41) is 27.7. The molecule has 0 heterocycles. The Morgan fingerprint density at radius 3 is 1.60 bits per heavy atom. The minimum absolute atomic E-state index is 0. The van der Waals surface area contributed by atoms with Crippen molar-refractivity contribution in [1.82, 2.24) is 0 Å². The second-order valence-corrected chi connectivity index (χ2v) is 14.2. The van der Waals surface area contributed by atoms with Gasteiger partial charge in [0.2, 0.25) is 0 Å². The zero-order chi connectivity index (χ0) is 36.4. The van der Waals surface area contributed by atoms with E-state index in [1.54, 1.807) is 12.1 Å². The number of azo groups is 2. The standard InChI is InChI=1S/C30H22N6O11S3.3Na/c31-25-15-20(12-14-27(25)35-34-26-5-1-4-24-23(26)3-2-6-28(24)48(39,40)41)32-33-21-11-9-18(29(16-21)49(42,43)44)7-8-19-10-13-22(36(37)38)17-30(19)50(45,46)47;;;/h1-17H,31H2,(H,39,40,41)(H,42,43,44)(H,45,46,47);;;/q;3*+1/p-3. The number of non-ortho nitro benzene ring substituents is 1. The SMILES string of the molecule is Nc1cc(N=Nc2ccc(C=Cc3ccc([N+](=O)[O-])cc3S(=O)(=O)[O-])c(S(=O)(=O)[O-])c2)ccc1N=Nc1cccc2c(S(=O)(=O)[O-])cccc12.[Na+].[Na+].[Na+]. The Balaban J connectivity index is 0.00000324. The topological polar surface area (TPSA) is 290 Å². The fraction of sp³-hybridized carbons (Fsp3) is 0. The van der Waals surface area contributed by atoms with Crippen molar-refractivity contribution in [3.63, 3.8) is 0 Å². The summed E-state index contributed by atoms with van der Waals surface area (Å²) in [6.07, 6.45) is 2.05. The van der Waals surface area contributed by atoms with Crippen molar-refractivity contribution in [3.05, 3.63) is 112 Å². The molecular formula is C30H19N6Na3O11S3. The van der Waals surface area contributed by atoms with Crippen molar-refractivity contribution in [1.29, 1.82) is 0 Å². The van der Waals surface area contributed by atoms with Crippen molar-refractivity contribution in [2.45, 2.75) is 14.7 Å². The summed E-state index contributed by atoms with van der Waals surface area (Å²) >= 11 is 0. The number of anilines is 1. The molecule has 0 radical (unpaired) electrons. The molecule has 53 heavy (non-hydrogen) atoms. The largest absolute Gasteiger partial charge is 1.00 e. The van der Waals surface area contributed by atoms with Crippen LogP contribution < -0.4 is 94.4 Å². The minimum Gasteiger partial charge on any atom is -0.744 e. The number of nitro groups is 1. The average molecular weight is 805 g/mol. The maximum atomic E-state index is 12.1. The van der Waals surface area contributed by atoms with E-state index in [-0.39, 0.29) is 134 Å². The molecule has 5 aromatic carbocycles. The van der Waals surface area contributed by atoms with Crippen LogP contribution in [0.4, 0.5) is 34.1 Å². The van der Waals surface area contributed by atoms with E-state index in [4.69, 9.17) is 5.73 Å². The number of hydrogen-bond donors (Lipinski definition) is 1. The quantitative estimate of drug-likeness (QED) is 0.0282. The van der Waals surface area contributed by atoms with Crippen LogP contribution in [0, 0.1) is 10.1 Å². The predicted octanol–water partition coefficient (Wildman–Crippen LogP) is -2.94. The summed E-state index contributed by atoms with van der Waals surface area (Å²) in [6, 6.07) is 18.8. The predicted molar refractivity (Wildman–Crippen MR) is 176 cm³/mol. The Bertz CT molecular complexity index is 2640. The molecule has 0 aliphatic carbocycles. The number of benzene rings is 5. The molecule has 0 spiro atoms. The molecule has 0 aliphatic rings. The zero-order valence-corrected chi connectivity index (χ0v) is 36.3. The molecule has 0 aromatic heterocycles. The normalized spacial score (nSPS) is 12.1. The summed E-state index contributed by atoms with van der Waals surface area (Å²) in [4.78, 5) is 8.03. The van der Waals surface area contributed by atoms with Gasteiger partial charge >= 0.3 is 88.7 Å². The first kappa shape index (κ1) is 46.4. The van der Waals surface area contributed by atoms with E-state index >= 15 is 0 Å². The monoisotopic (exact) mass is 804 g/mol. The second kappa shape index (κ2) is 18.7. The van der Waals surface area contributed by atoms with E-state index in [0.29, 0.717) is 11.5 Å². The van der Waals surface area contributed by atoms with Gasteiger partial charge in [-0.05, 0) is 59.7 Å². The van der Waals surface area contributed by atoms with Crippen molar-refractivity contribution in [3.8, 4) is 0 Å². The van der Waals surface area contributed by atoms with Crippen molar-refractivity contribution in [2.24, 2.45) is 20.5 Å². The summed E-state index contributed by atoms with van der Waals surface area (Å²) in [5.41, 5.74) is 5.62. The van der Waals surface area contributed by atoms with Gasteiger partial charge in [0.25, 0.3) is 5.69 Å². The molecule has 0 unspecified atom stereocenters. The van der Waals surface area contributed by atoms with Crippen molar-refractivity contribution < 1.29 is 133 Å². The number of rotatable bonds is 10. The van der Waals surface area contributed by atoms with E-state index in [1.807, 2.05) is 0 Å². The Hall–Kier alpha value is -2.77. The smallest absolute Gasteiger partial charge is 0.744 e. The van der Waals surface area contributed by atoms with Gasteiger partial charge in [0.05, 0.1) is 42.4 Å². The van der Waals surface area contributed by atoms with E-state index in [9.17, 15) is 49.0 Å². The molecule has 2 N–H and O–H groups in total. The molecule has 0 saturated heterocycles. The number of nitrogen functional groups attached to an aromatic ring is 1. The molecule has 23 heteroatoms. The van der Waals surface area contributed by atoms with Crippen LogP contribution in [0.5, 0.6) is 0 Å². The molecular weight excluding hydrogens is 786 g/mol. The van der Waals surface area contributed by atoms with Crippen molar-refractivity contribution >= 4 is 87.4 Å². The molecule has 17 nitrogen and oxygen atoms in total. The Kier molecular flexibility index (Phi) is 16.4. The van der Waals surface area contributed by atoms with Crippen LogP contribution in [-0.4, -0.2) is 43.8 Å². The van der Waals surface area contributed by atoms with E-state index in [1.165, 1.54) is 54.6 Å². The Labute approximate surface area is 368 Å². The molecule has 256 valence electrons. The third kappa shape index (κ3) is 11.6. The average Bonchev–Trinajstić information content (AvgIpc) is 3.04. The van der Waals surface area contributed by atoms with Gasteiger partial charge in [-0.15, -0.1) is 10.2 Å². The molecule has 0 amide bonds. The summed E-state index contributed by atoms with van der Waals surface area (Å²) in [7, 11) is -15.0. The molecule has 5 aromatic rings. The van der Waals surface area contributed by atoms with E-state index < -0.39 is 55.7 Å². The third-order valence-corrected chi connectivity index (χ3v) is 9.55.